The zero-order chi connectivity index (χ0) is 9.10. The van der Waals surface area contributed by atoms with Crippen molar-refractivity contribution >= 4 is 11.6 Å². The van der Waals surface area contributed by atoms with E-state index in [4.69, 9.17) is 11.6 Å². The van der Waals surface area contributed by atoms with E-state index in [1.165, 1.54) is 0 Å². The second-order valence-corrected chi connectivity index (χ2v) is 2.72. The molecule has 0 unspecified atom stereocenters. The van der Waals surface area contributed by atoms with Gasteiger partial charge < -0.3 is 0 Å². The van der Waals surface area contributed by atoms with E-state index in [0.29, 0.717) is 11.7 Å². The van der Waals surface area contributed by atoms with Crippen molar-refractivity contribution in [1.29, 1.82) is 0 Å². The van der Waals surface area contributed by atoms with E-state index in [1.807, 2.05) is 12.3 Å². The van der Waals surface area contributed by atoms with Gasteiger partial charge in [0.05, 0.1) is 17.8 Å². The van der Waals surface area contributed by atoms with Gasteiger partial charge in [0.1, 0.15) is 0 Å². The molecule has 0 bridgehead atoms. The maximum atomic E-state index is 5.63. The van der Waals surface area contributed by atoms with Gasteiger partial charge in [-0.25, -0.2) is 9.67 Å². The molecule has 0 fully saturated rings. The molecule has 0 N–H and O–H groups in total. The maximum absolute atomic E-state index is 5.63. The van der Waals surface area contributed by atoms with Crippen LogP contribution in [0, 0.1) is 0 Å². The van der Waals surface area contributed by atoms with Crippen LogP contribution in [0.25, 0.3) is 5.82 Å². The van der Waals surface area contributed by atoms with Crippen molar-refractivity contribution in [3.8, 4) is 5.82 Å². The normalized spacial score (nSPS) is 10.2. The summed E-state index contributed by atoms with van der Waals surface area (Å²) < 4.78 is 1.64. The number of nitrogens with zero attached hydrogens (tertiary/aromatic N) is 4. The van der Waals surface area contributed by atoms with Crippen molar-refractivity contribution < 1.29 is 0 Å². The Labute approximate surface area is 80.2 Å². The highest BCUT2D eigenvalue weighted by Crippen LogP contribution is 2.03. The fraction of sp³-hybridized carbons (Fsp3) is 0.125. The van der Waals surface area contributed by atoms with Crippen LogP contribution in [0.15, 0.2) is 30.9 Å². The van der Waals surface area contributed by atoms with E-state index in [0.717, 1.165) is 5.69 Å². The second kappa shape index (κ2) is 3.53. The lowest BCUT2D eigenvalue weighted by Crippen LogP contribution is -2.00. The van der Waals surface area contributed by atoms with Gasteiger partial charge in [-0.05, 0) is 6.07 Å². The average Bonchev–Trinajstić information content (AvgIpc) is 2.71. The molecule has 4 nitrogen and oxygen atoms in total. The summed E-state index contributed by atoms with van der Waals surface area (Å²) in [6.45, 7) is 0. The first-order chi connectivity index (χ1) is 6.40. The molecule has 66 valence electrons. The zero-order valence-corrected chi connectivity index (χ0v) is 7.52. The minimum atomic E-state index is 0.363. The van der Waals surface area contributed by atoms with Crippen molar-refractivity contribution in [2.75, 3.05) is 0 Å². The van der Waals surface area contributed by atoms with Crippen molar-refractivity contribution in [3.05, 3.63) is 36.5 Å². The molecule has 0 atom stereocenters. The lowest BCUT2D eigenvalue weighted by atomic mass is 10.5. The van der Waals surface area contributed by atoms with Gasteiger partial charge in [0.25, 0.3) is 0 Å². The van der Waals surface area contributed by atoms with Crippen molar-refractivity contribution in [3.63, 3.8) is 0 Å². The molecule has 2 aromatic rings. The van der Waals surface area contributed by atoms with Crippen LogP contribution in [0.5, 0.6) is 0 Å². The molecule has 2 heterocycles. The van der Waals surface area contributed by atoms with E-state index < -0.39 is 0 Å². The van der Waals surface area contributed by atoms with Crippen LogP contribution in [-0.2, 0) is 5.88 Å². The Kier molecular flexibility index (Phi) is 2.23. The van der Waals surface area contributed by atoms with E-state index >= 15 is 0 Å². The third kappa shape index (κ3) is 1.67. The van der Waals surface area contributed by atoms with Crippen LogP contribution >= 0.6 is 11.6 Å². The third-order valence-corrected chi connectivity index (χ3v) is 1.82. The fourth-order valence-corrected chi connectivity index (χ4v) is 1.10. The van der Waals surface area contributed by atoms with Gasteiger partial charge in [-0.2, -0.15) is 5.10 Å². The second-order valence-electron chi connectivity index (χ2n) is 2.45. The smallest absolute Gasteiger partial charge is 0.172 e. The molecule has 5 heteroatoms. The first-order valence-electron chi connectivity index (χ1n) is 3.77. The summed E-state index contributed by atoms with van der Waals surface area (Å²) >= 11 is 5.63. The fourth-order valence-electron chi connectivity index (χ4n) is 0.974. The van der Waals surface area contributed by atoms with E-state index in [2.05, 4.69) is 15.1 Å². The molecule has 0 aliphatic rings. The van der Waals surface area contributed by atoms with Crippen LogP contribution in [0.2, 0.25) is 0 Å². The number of hydrogen-bond donors (Lipinski definition) is 0. The summed E-state index contributed by atoms with van der Waals surface area (Å²) in [6, 6.07) is 1.83. The molecule has 0 saturated heterocycles. The molecular formula is C8H7ClN4. The van der Waals surface area contributed by atoms with Crippen LogP contribution in [0.4, 0.5) is 0 Å². The summed E-state index contributed by atoms with van der Waals surface area (Å²) in [5, 5.41) is 4.03. The average molecular weight is 195 g/mol. The molecule has 2 rings (SSSR count). The predicted octanol–water partition coefficient (Wildman–Crippen LogP) is 1.40. The third-order valence-electron chi connectivity index (χ3n) is 1.55. The Bertz CT molecular complexity index is 385. The highest BCUT2D eigenvalue weighted by Gasteiger charge is 1.99. The highest BCUT2D eigenvalue weighted by atomic mass is 35.5. The Hall–Kier alpha value is -1.42. The number of alkyl halides is 1. The molecular weight excluding hydrogens is 188 g/mol. The monoisotopic (exact) mass is 194 g/mol. The molecule has 0 aliphatic heterocycles. The first kappa shape index (κ1) is 8.19. The Balaban J connectivity index is 2.41. The minimum Gasteiger partial charge on any atom is -0.259 e. The van der Waals surface area contributed by atoms with Gasteiger partial charge in [-0.3, -0.25) is 4.98 Å². The van der Waals surface area contributed by atoms with Crippen LogP contribution in [-0.4, -0.2) is 19.7 Å². The standard InChI is InChI=1S/C8H7ClN4/c9-4-7-5-10-6-8(12-7)13-3-1-2-11-13/h1-3,5-6H,4H2. The summed E-state index contributed by atoms with van der Waals surface area (Å²) in [7, 11) is 0. The van der Waals surface area contributed by atoms with Gasteiger partial charge in [0, 0.05) is 18.6 Å². The quantitative estimate of drug-likeness (QED) is 0.679. The Morgan fingerprint density at radius 1 is 1.38 bits per heavy atom. The number of rotatable bonds is 2. The minimum absolute atomic E-state index is 0.363. The van der Waals surface area contributed by atoms with Gasteiger partial charge in [0.2, 0.25) is 0 Å². The van der Waals surface area contributed by atoms with Gasteiger partial charge in [0.15, 0.2) is 5.82 Å². The van der Waals surface area contributed by atoms with E-state index in [-0.39, 0.29) is 0 Å². The van der Waals surface area contributed by atoms with Gasteiger partial charge >= 0.3 is 0 Å². The molecule has 13 heavy (non-hydrogen) atoms. The molecule has 0 saturated carbocycles. The largest absolute Gasteiger partial charge is 0.259 e. The SMILES string of the molecule is ClCc1cncc(-n2cccn2)n1. The number of hydrogen-bond acceptors (Lipinski definition) is 3. The molecule has 0 spiro atoms. The van der Waals surface area contributed by atoms with Gasteiger partial charge in [-0.1, -0.05) is 0 Å². The molecule has 0 aliphatic carbocycles. The zero-order valence-electron chi connectivity index (χ0n) is 6.76. The van der Waals surface area contributed by atoms with Crippen molar-refractivity contribution in [1.82, 2.24) is 19.7 Å². The highest BCUT2D eigenvalue weighted by molar-refractivity contribution is 6.16. The van der Waals surface area contributed by atoms with Gasteiger partial charge in [-0.15, -0.1) is 11.6 Å². The summed E-state index contributed by atoms with van der Waals surface area (Å²) in [5.41, 5.74) is 0.745. The Morgan fingerprint density at radius 3 is 3.00 bits per heavy atom. The van der Waals surface area contributed by atoms with Crippen LogP contribution in [0.3, 0.4) is 0 Å². The Morgan fingerprint density at radius 2 is 2.31 bits per heavy atom. The van der Waals surface area contributed by atoms with Crippen molar-refractivity contribution in [2.24, 2.45) is 0 Å². The number of aromatic nitrogens is 4. The molecule has 2 aromatic heterocycles. The lowest BCUT2D eigenvalue weighted by molar-refractivity contribution is 0.828. The van der Waals surface area contributed by atoms with E-state index in [1.54, 1.807) is 23.3 Å². The molecule has 0 amide bonds. The summed E-state index contributed by atoms with van der Waals surface area (Å²) in [5.74, 6) is 1.05. The van der Waals surface area contributed by atoms with Crippen LogP contribution in [0.1, 0.15) is 5.69 Å². The molecule has 0 aromatic carbocycles. The topological polar surface area (TPSA) is 43.6 Å². The maximum Gasteiger partial charge on any atom is 0.172 e. The summed E-state index contributed by atoms with van der Waals surface area (Å²) in [4.78, 5) is 8.24. The van der Waals surface area contributed by atoms with Crippen LogP contribution < -0.4 is 0 Å². The first-order valence-corrected chi connectivity index (χ1v) is 4.30. The van der Waals surface area contributed by atoms with E-state index in [9.17, 15) is 0 Å². The molecule has 0 radical (unpaired) electrons. The predicted molar refractivity (Wildman–Crippen MR) is 48.7 cm³/mol. The number of halogens is 1. The van der Waals surface area contributed by atoms with Crippen molar-refractivity contribution in [2.45, 2.75) is 5.88 Å². The lowest BCUT2D eigenvalue weighted by Gasteiger charge is -2.00. The summed E-state index contributed by atoms with van der Waals surface area (Å²) in [6.07, 6.45) is 6.78.